The van der Waals surface area contributed by atoms with Gasteiger partial charge in [-0.3, -0.25) is 9.69 Å². The number of carbonyl (C=O) groups is 1. The number of hydrogen-bond donors (Lipinski definition) is 1. The molecule has 1 heterocycles. The molecule has 0 aromatic carbocycles. The Balaban J connectivity index is 2.59. The molecule has 0 saturated carbocycles. The number of nitrogens with zero attached hydrogens (tertiary/aromatic N) is 2. The van der Waals surface area contributed by atoms with Gasteiger partial charge >= 0.3 is 0 Å². The lowest BCUT2D eigenvalue weighted by atomic mass is 10.1. The molecule has 1 amide bonds. The van der Waals surface area contributed by atoms with Crippen LogP contribution in [0.2, 0.25) is 0 Å². The van der Waals surface area contributed by atoms with Crippen LogP contribution in [-0.4, -0.2) is 54.5 Å². The summed E-state index contributed by atoms with van der Waals surface area (Å²) in [4.78, 5) is 16.0. The van der Waals surface area contributed by atoms with Crippen LogP contribution in [0.3, 0.4) is 0 Å². The van der Waals surface area contributed by atoms with Crippen molar-refractivity contribution >= 4 is 5.91 Å². The second kappa shape index (κ2) is 5.47. The van der Waals surface area contributed by atoms with Gasteiger partial charge in [-0.1, -0.05) is 0 Å². The van der Waals surface area contributed by atoms with Crippen LogP contribution in [0.4, 0.5) is 0 Å². The van der Waals surface area contributed by atoms with Crippen molar-refractivity contribution in [2.45, 2.75) is 38.8 Å². The van der Waals surface area contributed by atoms with Crippen LogP contribution in [0.15, 0.2) is 0 Å². The molecule has 1 saturated heterocycles. The molecule has 2 N–H and O–H groups in total. The highest BCUT2D eigenvalue weighted by Crippen LogP contribution is 2.18. The maximum Gasteiger partial charge on any atom is 0.239 e. The van der Waals surface area contributed by atoms with Gasteiger partial charge in [-0.2, -0.15) is 0 Å². The van der Waals surface area contributed by atoms with E-state index in [1.807, 2.05) is 11.9 Å². The third-order valence-corrected chi connectivity index (χ3v) is 3.08. The Hall–Kier alpha value is -0.610. The highest BCUT2D eigenvalue weighted by Gasteiger charge is 2.34. The number of rotatable bonds is 5. The Morgan fingerprint density at radius 1 is 1.60 bits per heavy atom. The molecule has 0 spiro atoms. The minimum Gasteiger partial charge on any atom is -0.344 e. The fourth-order valence-corrected chi connectivity index (χ4v) is 2.16. The summed E-state index contributed by atoms with van der Waals surface area (Å²) in [6.07, 6.45) is 1.92. The Morgan fingerprint density at radius 3 is 2.67 bits per heavy atom. The molecule has 1 rings (SSSR count). The summed E-state index contributed by atoms with van der Waals surface area (Å²) in [5.74, 6) is 0.265. The summed E-state index contributed by atoms with van der Waals surface area (Å²) in [5.41, 5.74) is 5.52. The van der Waals surface area contributed by atoms with Gasteiger partial charge in [0.15, 0.2) is 0 Å². The van der Waals surface area contributed by atoms with E-state index in [-0.39, 0.29) is 11.9 Å². The van der Waals surface area contributed by atoms with Gasteiger partial charge in [0.2, 0.25) is 5.91 Å². The van der Waals surface area contributed by atoms with E-state index in [0.717, 1.165) is 25.9 Å². The third-order valence-electron chi connectivity index (χ3n) is 3.08. The zero-order valence-electron chi connectivity index (χ0n) is 10.1. The molecule has 0 aliphatic carbocycles. The van der Waals surface area contributed by atoms with Gasteiger partial charge in [0.25, 0.3) is 0 Å². The predicted molar refractivity (Wildman–Crippen MR) is 61.6 cm³/mol. The van der Waals surface area contributed by atoms with Gasteiger partial charge in [-0.25, -0.2) is 0 Å². The summed E-state index contributed by atoms with van der Waals surface area (Å²) in [6.45, 7) is 6.79. The lowest BCUT2D eigenvalue weighted by Gasteiger charge is -2.31. The minimum absolute atomic E-state index is 0.0848. The van der Waals surface area contributed by atoms with Crippen LogP contribution in [0.25, 0.3) is 0 Å². The predicted octanol–water partition coefficient (Wildman–Crippen LogP) is 0.276. The largest absolute Gasteiger partial charge is 0.344 e. The molecule has 4 nitrogen and oxygen atoms in total. The molecule has 88 valence electrons. The number of likely N-dealkylation sites (tertiary alicyclic amines) is 1. The summed E-state index contributed by atoms with van der Waals surface area (Å²) in [7, 11) is 1.88. The molecule has 0 bridgehead atoms. The van der Waals surface area contributed by atoms with Crippen molar-refractivity contribution in [3.8, 4) is 0 Å². The molecule has 15 heavy (non-hydrogen) atoms. The summed E-state index contributed by atoms with van der Waals surface area (Å²) < 4.78 is 0. The first-order valence-electron chi connectivity index (χ1n) is 5.78. The lowest BCUT2D eigenvalue weighted by Crippen LogP contribution is -2.45. The molecule has 1 unspecified atom stereocenters. The van der Waals surface area contributed by atoms with Crippen LogP contribution in [0, 0.1) is 0 Å². The van der Waals surface area contributed by atoms with E-state index in [1.54, 1.807) is 0 Å². The standard InChI is InChI=1S/C11H23N3O/c1-9(2)14(7-4-6-12)10-5-8-13(3)11(10)15/h9-10H,4-8,12H2,1-3H3. The Kier molecular flexibility index (Phi) is 4.54. The molecular formula is C11H23N3O. The van der Waals surface area contributed by atoms with E-state index in [0.29, 0.717) is 12.6 Å². The number of carbonyl (C=O) groups excluding carboxylic acids is 1. The first-order chi connectivity index (χ1) is 7.07. The normalized spacial score (nSPS) is 22.1. The second-order valence-corrected chi connectivity index (χ2v) is 4.54. The van der Waals surface area contributed by atoms with E-state index >= 15 is 0 Å². The highest BCUT2D eigenvalue weighted by molar-refractivity contribution is 5.83. The van der Waals surface area contributed by atoms with Crippen molar-refractivity contribution in [1.82, 2.24) is 9.80 Å². The maximum atomic E-state index is 11.9. The van der Waals surface area contributed by atoms with E-state index in [9.17, 15) is 4.79 Å². The van der Waals surface area contributed by atoms with Gasteiger partial charge in [0.05, 0.1) is 6.04 Å². The zero-order chi connectivity index (χ0) is 11.4. The summed E-state index contributed by atoms with van der Waals surface area (Å²) in [5, 5.41) is 0. The fraction of sp³-hybridized carbons (Fsp3) is 0.909. The Bertz CT molecular complexity index is 218. The summed E-state index contributed by atoms with van der Waals surface area (Å²) >= 11 is 0. The molecule has 1 atom stereocenters. The topological polar surface area (TPSA) is 49.6 Å². The van der Waals surface area contributed by atoms with E-state index in [2.05, 4.69) is 18.7 Å². The zero-order valence-corrected chi connectivity index (χ0v) is 10.1. The fourth-order valence-electron chi connectivity index (χ4n) is 2.16. The molecule has 0 aromatic rings. The quantitative estimate of drug-likeness (QED) is 0.713. The van der Waals surface area contributed by atoms with Gasteiger partial charge in [-0.15, -0.1) is 0 Å². The molecular weight excluding hydrogens is 190 g/mol. The van der Waals surface area contributed by atoms with Crippen LogP contribution >= 0.6 is 0 Å². The molecule has 4 heteroatoms. The minimum atomic E-state index is 0.0848. The molecule has 0 aromatic heterocycles. The van der Waals surface area contributed by atoms with Gasteiger partial charge in [0, 0.05) is 26.2 Å². The Morgan fingerprint density at radius 2 is 2.27 bits per heavy atom. The monoisotopic (exact) mass is 213 g/mol. The summed E-state index contributed by atoms with van der Waals surface area (Å²) in [6, 6.07) is 0.499. The van der Waals surface area contributed by atoms with Crippen molar-refractivity contribution in [3.63, 3.8) is 0 Å². The first kappa shape index (κ1) is 12.5. The SMILES string of the molecule is CC(C)N(CCCN)C1CCN(C)C1=O. The van der Waals surface area contributed by atoms with E-state index < -0.39 is 0 Å². The van der Waals surface area contributed by atoms with Gasteiger partial charge in [-0.05, 0) is 33.2 Å². The number of likely N-dealkylation sites (N-methyl/N-ethyl adjacent to an activating group) is 1. The van der Waals surface area contributed by atoms with E-state index in [4.69, 9.17) is 5.73 Å². The number of hydrogen-bond acceptors (Lipinski definition) is 3. The first-order valence-corrected chi connectivity index (χ1v) is 5.78. The smallest absolute Gasteiger partial charge is 0.239 e. The third kappa shape index (κ3) is 2.92. The van der Waals surface area contributed by atoms with Crippen LogP contribution < -0.4 is 5.73 Å². The van der Waals surface area contributed by atoms with Crippen LogP contribution in [-0.2, 0) is 4.79 Å². The van der Waals surface area contributed by atoms with Crippen molar-refractivity contribution < 1.29 is 4.79 Å². The van der Waals surface area contributed by atoms with Gasteiger partial charge in [0.1, 0.15) is 0 Å². The number of amides is 1. The van der Waals surface area contributed by atoms with E-state index in [1.165, 1.54) is 0 Å². The lowest BCUT2D eigenvalue weighted by molar-refractivity contribution is -0.131. The highest BCUT2D eigenvalue weighted by atomic mass is 16.2. The van der Waals surface area contributed by atoms with Crippen molar-refractivity contribution in [2.24, 2.45) is 5.73 Å². The van der Waals surface area contributed by atoms with Crippen molar-refractivity contribution in [1.29, 1.82) is 0 Å². The maximum absolute atomic E-state index is 11.9. The molecule has 0 radical (unpaired) electrons. The van der Waals surface area contributed by atoms with Crippen molar-refractivity contribution in [3.05, 3.63) is 0 Å². The molecule has 1 aliphatic heterocycles. The molecule has 1 fully saturated rings. The van der Waals surface area contributed by atoms with Crippen molar-refractivity contribution in [2.75, 3.05) is 26.7 Å². The van der Waals surface area contributed by atoms with Crippen LogP contribution in [0.1, 0.15) is 26.7 Å². The second-order valence-electron chi connectivity index (χ2n) is 4.54. The van der Waals surface area contributed by atoms with Crippen LogP contribution in [0.5, 0.6) is 0 Å². The van der Waals surface area contributed by atoms with Gasteiger partial charge < -0.3 is 10.6 Å². The average molecular weight is 213 g/mol. The molecule has 1 aliphatic rings. The Labute approximate surface area is 92.4 Å². The number of nitrogens with two attached hydrogens (primary N) is 1. The average Bonchev–Trinajstić information content (AvgIpc) is 2.50.